The summed E-state index contributed by atoms with van der Waals surface area (Å²) in [6.45, 7) is 3.76. The SMILES string of the molecule is CC(C)(c1ccc(Cl)c(C(F)(F)F)c1)C1(N)CC1. The third-order valence-corrected chi connectivity index (χ3v) is 4.36. The van der Waals surface area contributed by atoms with Crippen LogP contribution in [0.1, 0.15) is 37.8 Å². The molecule has 1 aliphatic rings. The Morgan fingerprint density at radius 3 is 2.22 bits per heavy atom. The summed E-state index contributed by atoms with van der Waals surface area (Å²) in [6.07, 6.45) is -2.76. The van der Waals surface area contributed by atoms with Gasteiger partial charge in [-0.15, -0.1) is 0 Å². The first kappa shape index (κ1) is 13.7. The van der Waals surface area contributed by atoms with Crippen LogP contribution in [0.15, 0.2) is 18.2 Å². The lowest BCUT2D eigenvalue weighted by molar-refractivity contribution is -0.137. The number of hydrogen-bond donors (Lipinski definition) is 1. The maximum atomic E-state index is 12.8. The lowest BCUT2D eigenvalue weighted by Gasteiger charge is -2.33. The quantitative estimate of drug-likeness (QED) is 0.864. The van der Waals surface area contributed by atoms with Crippen LogP contribution in [0.5, 0.6) is 0 Å². The molecule has 0 aliphatic heterocycles. The van der Waals surface area contributed by atoms with Gasteiger partial charge in [0.15, 0.2) is 0 Å². The summed E-state index contributed by atoms with van der Waals surface area (Å²) in [4.78, 5) is 0. The fraction of sp³-hybridized carbons (Fsp3) is 0.538. The first-order valence-corrected chi connectivity index (χ1v) is 6.12. The molecule has 0 saturated heterocycles. The second kappa shape index (κ2) is 3.87. The van der Waals surface area contributed by atoms with E-state index in [4.69, 9.17) is 17.3 Å². The lowest BCUT2D eigenvalue weighted by Crippen LogP contribution is -2.43. The van der Waals surface area contributed by atoms with Crippen LogP contribution < -0.4 is 5.73 Å². The fourth-order valence-electron chi connectivity index (χ4n) is 2.18. The van der Waals surface area contributed by atoms with Crippen LogP contribution in [-0.4, -0.2) is 5.54 Å². The molecule has 0 spiro atoms. The molecule has 5 heteroatoms. The molecule has 18 heavy (non-hydrogen) atoms. The predicted molar refractivity (Wildman–Crippen MR) is 65.6 cm³/mol. The van der Waals surface area contributed by atoms with Crippen LogP contribution in [0.3, 0.4) is 0 Å². The Bertz CT molecular complexity index is 476. The van der Waals surface area contributed by atoms with Crippen molar-refractivity contribution in [2.24, 2.45) is 5.73 Å². The minimum Gasteiger partial charge on any atom is -0.324 e. The van der Waals surface area contributed by atoms with Gasteiger partial charge in [0, 0.05) is 11.0 Å². The highest BCUT2D eigenvalue weighted by Crippen LogP contribution is 2.50. The number of rotatable bonds is 2. The molecule has 1 aliphatic carbocycles. The second-order valence-electron chi connectivity index (χ2n) is 5.47. The number of benzene rings is 1. The van der Waals surface area contributed by atoms with Crippen LogP contribution in [0.4, 0.5) is 13.2 Å². The van der Waals surface area contributed by atoms with Gasteiger partial charge < -0.3 is 5.73 Å². The van der Waals surface area contributed by atoms with Crippen LogP contribution in [0.25, 0.3) is 0 Å². The third kappa shape index (κ3) is 2.12. The number of alkyl halides is 3. The summed E-state index contributed by atoms with van der Waals surface area (Å²) in [5, 5.41) is -0.274. The van der Waals surface area contributed by atoms with Gasteiger partial charge in [0.1, 0.15) is 0 Å². The molecule has 1 nitrogen and oxygen atoms in total. The third-order valence-electron chi connectivity index (χ3n) is 4.03. The molecule has 1 fully saturated rings. The molecule has 1 saturated carbocycles. The Hall–Kier alpha value is -0.740. The molecular weight excluding hydrogens is 263 g/mol. The van der Waals surface area contributed by atoms with E-state index >= 15 is 0 Å². The van der Waals surface area contributed by atoms with Crippen molar-refractivity contribution in [2.45, 2.75) is 43.8 Å². The Balaban J connectivity index is 2.48. The van der Waals surface area contributed by atoms with E-state index in [2.05, 4.69) is 0 Å². The van der Waals surface area contributed by atoms with E-state index in [0.717, 1.165) is 18.9 Å². The van der Waals surface area contributed by atoms with E-state index in [1.165, 1.54) is 6.07 Å². The van der Waals surface area contributed by atoms with Crippen molar-refractivity contribution >= 4 is 11.6 Å². The van der Waals surface area contributed by atoms with Crippen LogP contribution >= 0.6 is 11.6 Å². The molecule has 2 rings (SSSR count). The number of nitrogens with two attached hydrogens (primary N) is 1. The molecule has 0 unspecified atom stereocenters. The zero-order valence-corrected chi connectivity index (χ0v) is 11.0. The van der Waals surface area contributed by atoms with Crippen molar-refractivity contribution in [3.63, 3.8) is 0 Å². The summed E-state index contributed by atoms with van der Waals surface area (Å²) in [6, 6.07) is 4.05. The van der Waals surface area contributed by atoms with Gasteiger partial charge in [-0.2, -0.15) is 13.2 Å². The zero-order chi connectivity index (χ0) is 13.8. The molecule has 0 bridgehead atoms. The van der Waals surface area contributed by atoms with Crippen LogP contribution in [0, 0.1) is 0 Å². The van der Waals surface area contributed by atoms with Crippen molar-refractivity contribution in [1.29, 1.82) is 0 Å². The summed E-state index contributed by atoms with van der Waals surface area (Å²) in [7, 11) is 0. The van der Waals surface area contributed by atoms with E-state index in [0.29, 0.717) is 5.56 Å². The molecule has 100 valence electrons. The van der Waals surface area contributed by atoms with E-state index in [-0.39, 0.29) is 5.02 Å². The summed E-state index contributed by atoms with van der Waals surface area (Å²) < 4.78 is 38.4. The van der Waals surface area contributed by atoms with Gasteiger partial charge in [-0.25, -0.2) is 0 Å². The second-order valence-corrected chi connectivity index (χ2v) is 5.88. The van der Waals surface area contributed by atoms with Gasteiger partial charge >= 0.3 is 6.18 Å². The first-order valence-electron chi connectivity index (χ1n) is 5.74. The maximum absolute atomic E-state index is 12.8. The van der Waals surface area contributed by atoms with E-state index < -0.39 is 22.7 Å². The molecule has 0 radical (unpaired) electrons. The molecular formula is C13H15ClF3N. The topological polar surface area (TPSA) is 26.0 Å². The Kier molecular flexibility index (Phi) is 2.95. The van der Waals surface area contributed by atoms with Crippen molar-refractivity contribution in [3.8, 4) is 0 Å². The van der Waals surface area contributed by atoms with Gasteiger partial charge in [-0.05, 0) is 30.5 Å². The number of halogens is 4. The van der Waals surface area contributed by atoms with E-state index in [1.807, 2.05) is 13.8 Å². The van der Waals surface area contributed by atoms with Gasteiger partial charge in [0.2, 0.25) is 0 Å². The van der Waals surface area contributed by atoms with Crippen molar-refractivity contribution in [2.75, 3.05) is 0 Å². The van der Waals surface area contributed by atoms with Gasteiger partial charge in [0.05, 0.1) is 10.6 Å². The first-order chi connectivity index (χ1) is 8.08. The van der Waals surface area contributed by atoms with Crippen molar-refractivity contribution < 1.29 is 13.2 Å². The van der Waals surface area contributed by atoms with E-state index in [1.54, 1.807) is 6.07 Å². The molecule has 1 aromatic rings. The highest BCUT2D eigenvalue weighted by Gasteiger charge is 2.52. The zero-order valence-electron chi connectivity index (χ0n) is 10.2. The van der Waals surface area contributed by atoms with Gasteiger partial charge in [-0.3, -0.25) is 0 Å². The Morgan fingerprint density at radius 1 is 1.22 bits per heavy atom. The normalized spacial score (nSPS) is 18.8. The lowest BCUT2D eigenvalue weighted by atomic mass is 9.75. The largest absolute Gasteiger partial charge is 0.417 e. The number of hydrogen-bond acceptors (Lipinski definition) is 1. The average molecular weight is 278 g/mol. The monoisotopic (exact) mass is 277 g/mol. The van der Waals surface area contributed by atoms with Gasteiger partial charge in [-0.1, -0.05) is 31.5 Å². The minimum atomic E-state index is -4.44. The van der Waals surface area contributed by atoms with Crippen LogP contribution in [0.2, 0.25) is 5.02 Å². The minimum absolute atomic E-state index is 0.274. The molecule has 0 aromatic heterocycles. The van der Waals surface area contributed by atoms with Crippen LogP contribution in [-0.2, 0) is 11.6 Å². The predicted octanol–water partition coefficient (Wildman–Crippen LogP) is 4.13. The molecule has 1 aromatic carbocycles. The van der Waals surface area contributed by atoms with Crippen molar-refractivity contribution in [1.82, 2.24) is 0 Å². The average Bonchev–Trinajstić information content (AvgIpc) is 2.96. The Morgan fingerprint density at radius 2 is 1.78 bits per heavy atom. The molecule has 0 heterocycles. The highest BCUT2D eigenvalue weighted by atomic mass is 35.5. The standard InChI is InChI=1S/C13H15ClF3N/c1-11(2,12(18)5-6-12)8-3-4-10(14)9(7-8)13(15,16)17/h3-4,7H,5-6,18H2,1-2H3. The molecule has 2 N–H and O–H groups in total. The highest BCUT2D eigenvalue weighted by molar-refractivity contribution is 6.31. The maximum Gasteiger partial charge on any atom is 0.417 e. The summed E-state index contributed by atoms with van der Waals surface area (Å²) >= 11 is 5.61. The van der Waals surface area contributed by atoms with Crippen molar-refractivity contribution in [3.05, 3.63) is 34.3 Å². The summed E-state index contributed by atoms with van der Waals surface area (Å²) in [5.74, 6) is 0. The van der Waals surface area contributed by atoms with E-state index in [9.17, 15) is 13.2 Å². The Labute approximate surface area is 109 Å². The summed E-state index contributed by atoms with van der Waals surface area (Å²) in [5.41, 5.74) is 5.04. The molecule has 0 amide bonds. The molecule has 0 atom stereocenters. The smallest absolute Gasteiger partial charge is 0.324 e. The van der Waals surface area contributed by atoms with Gasteiger partial charge in [0.25, 0.3) is 0 Å². The fourth-order valence-corrected chi connectivity index (χ4v) is 2.40.